The van der Waals surface area contributed by atoms with Crippen LogP contribution in [0.5, 0.6) is 0 Å². The standard InChI is InChI=1S/C9H14O4S/c1-7(6-8(10)12-2)9(11)13-4-5-14-3/h1,4-6H2,2-3H3. The Balaban J connectivity index is 3.77. The Morgan fingerprint density at radius 1 is 1.43 bits per heavy atom. The van der Waals surface area contributed by atoms with Crippen LogP contribution in [0.25, 0.3) is 0 Å². The van der Waals surface area contributed by atoms with Crippen molar-refractivity contribution in [3.8, 4) is 0 Å². The molecule has 0 fully saturated rings. The zero-order chi connectivity index (χ0) is 11.0. The topological polar surface area (TPSA) is 52.6 Å². The molecule has 14 heavy (non-hydrogen) atoms. The van der Waals surface area contributed by atoms with Crippen molar-refractivity contribution in [1.82, 2.24) is 0 Å². The highest BCUT2D eigenvalue weighted by Gasteiger charge is 2.12. The first-order valence-electron chi connectivity index (χ1n) is 4.02. The lowest BCUT2D eigenvalue weighted by atomic mass is 10.2. The van der Waals surface area contributed by atoms with E-state index in [-0.39, 0.29) is 12.0 Å². The summed E-state index contributed by atoms with van der Waals surface area (Å²) >= 11 is 1.58. The van der Waals surface area contributed by atoms with Crippen LogP contribution >= 0.6 is 11.8 Å². The lowest BCUT2D eigenvalue weighted by molar-refractivity contribution is -0.144. The number of carbonyl (C=O) groups is 2. The predicted molar refractivity (Wildman–Crippen MR) is 55.1 cm³/mol. The summed E-state index contributed by atoms with van der Waals surface area (Å²) in [4.78, 5) is 21.9. The molecule has 4 nitrogen and oxygen atoms in total. The van der Waals surface area contributed by atoms with Crippen molar-refractivity contribution >= 4 is 23.7 Å². The Hall–Kier alpha value is -0.970. The number of methoxy groups -OCH3 is 1. The largest absolute Gasteiger partial charge is 0.469 e. The first-order chi connectivity index (χ1) is 6.61. The highest BCUT2D eigenvalue weighted by atomic mass is 32.2. The molecule has 0 aliphatic heterocycles. The van der Waals surface area contributed by atoms with Crippen molar-refractivity contribution in [3.05, 3.63) is 12.2 Å². The van der Waals surface area contributed by atoms with Gasteiger partial charge in [-0.1, -0.05) is 6.58 Å². The average molecular weight is 218 g/mol. The van der Waals surface area contributed by atoms with E-state index in [0.29, 0.717) is 6.61 Å². The predicted octanol–water partition coefficient (Wildman–Crippen LogP) is 1.01. The Morgan fingerprint density at radius 2 is 2.07 bits per heavy atom. The van der Waals surface area contributed by atoms with Gasteiger partial charge in [0.25, 0.3) is 0 Å². The number of ether oxygens (including phenoxy) is 2. The molecule has 80 valence electrons. The molecule has 0 aromatic heterocycles. The zero-order valence-corrected chi connectivity index (χ0v) is 9.19. The van der Waals surface area contributed by atoms with Gasteiger partial charge in [0.05, 0.1) is 13.5 Å². The van der Waals surface area contributed by atoms with Crippen LogP contribution in [0.3, 0.4) is 0 Å². The molecule has 0 aromatic rings. The maximum absolute atomic E-state index is 11.1. The third-order valence-electron chi connectivity index (χ3n) is 1.39. The fraction of sp³-hybridized carbons (Fsp3) is 0.556. The SMILES string of the molecule is C=C(CC(=O)OC)C(=O)OCCSC. The molecule has 0 aliphatic carbocycles. The van der Waals surface area contributed by atoms with Crippen LogP contribution < -0.4 is 0 Å². The molecule has 0 saturated carbocycles. The van der Waals surface area contributed by atoms with E-state index in [1.54, 1.807) is 11.8 Å². The van der Waals surface area contributed by atoms with Gasteiger partial charge in [-0.2, -0.15) is 11.8 Å². The van der Waals surface area contributed by atoms with Crippen LogP contribution in [0, 0.1) is 0 Å². The third-order valence-corrected chi connectivity index (χ3v) is 1.97. The summed E-state index contributed by atoms with van der Waals surface area (Å²) in [5.74, 6) is -0.293. The van der Waals surface area contributed by atoms with Crippen LogP contribution in [0.1, 0.15) is 6.42 Å². The molecular weight excluding hydrogens is 204 g/mol. The van der Waals surface area contributed by atoms with Gasteiger partial charge >= 0.3 is 11.9 Å². The van der Waals surface area contributed by atoms with E-state index in [4.69, 9.17) is 4.74 Å². The summed E-state index contributed by atoms with van der Waals surface area (Å²) < 4.78 is 9.21. The Morgan fingerprint density at radius 3 is 2.57 bits per heavy atom. The number of rotatable bonds is 6. The molecule has 0 N–H and O–H groups in total. The summed E-state index contributed by atoms with van der Waals surface area (Å²) in [5.41, 5.74) is 0.123. The minimum Gasteiger partial charge on any atom is -0.469 e. The highest BCUT2D eigenvalue weighted by Crippen LogP contribution is 2.03. The monoisotopic (exact) mass is 218 g/mol. The number of carbonyl (C=O) groups excluding carboxylic acids is 2. The molecule has 0 amide bonds. The lowest BCUT2D eigenvalue weighted by Gasteiger charge is -2.04. The van der Waals surface area contributed by atoms with Crippen molar-refractivity contribution in [2.75, 3.05) is 25.7 Å². The first kappa shape index (κ1) is 13.0. The van der Waals surface area contributed by atoms with Crippen molar-refractivity contribution in [3.63, 3.8) is 0 Å². The molecule has 0 spiro atoms. The van der Waals surface area contributed by atoms with Gasteiger partial charge in [-0.15, -0.1) is 0 Å². The van der Waals surface area contributed by atoms with E-state index in [9.17, 15) is 9.59 Å². The summed E-state index contributed by atoms with van der Waals surface area (Å²) in [5, 5.41) is 0. The minimum atomic E-state index is -0.538. The fourth-order valence-corrected chi connectivity index (χ4v) is 0.888. The first-order valence-corrected chi connectivity index (χ1v) is 5.41. The number of hydrogen-bond donors (Lipinski definition) is 0. The highest BCUT2D eigenvalue weighted by molar-refractivity contribution is 7.98. The molecule has 0 radical (unpaired) electrons. The Labute approximate surface area is 87.6 Å². The van der Waals surface area contributed by atoms with Crippen molar-refractivity contribution in [2.24, 2.45) is 0 Å². The molecule has 5 heteroatoms. The molecule has 0 aliphatic rings. The fourth-order valence-electron chi connectivity index (χ4n) is 0.638. The zero-order valence-electron chi connectivity index (χ0n) is 8.37. The molecule has 0 rings (SSSR count). The van der Waals surface area contributed by atoms with Gasteiger partial charge in [0.15, 0.2) is 0 Å². The molecule has 0 heterocycles. The van der Waals surface area contributed by atoms with Crippen molar-refractivity contribution in [1.29, 1.82) is 0 Å². The maximum Gasteiger partial charge on any atom is 0.334 e. The Bertz CT molecular complexity index is 225. The molecular formula is C9H14O4S. The van der Waals surface area contributed by atoms with Gasteiger partial charge in [-0.05, 0) is 6.26 Å². The van der Waals surface area contributed by atoms with Gasteiger partial charge in [-0.3, -0.25) is 4.79 Å². The van der Waals surface area contributed by atoms with E-state index in [1.807, 2.05) is 6.26 Å². The van der Waals surface area contributed by atoms with Gasteiger partial charge in [0.1, 0.15) is 6.61 Å². The van der Waals surface area contributed by atoms with E-state index < -0.39 is 11.9 Å². The average Bonchev–Trinajstić information content (AvgIpc) is 2.17. The van der Waals surface area contributed by atoms with Gasteiger partial charge in [0.2, 0.25) is 0 Å². The number of esters is 2. The van der Waals surface area contributed by atoms with E-state index >= 15 is 0 Å². The number of hydrogen-bond acceptors (Lipinski definition) is 5. The molecule has 0 bridgehead atoms. The van der Waals surface area contributed by atoms with Crippen LogP contribution in [-0.2, 0) is 19.1 Å². The van der Waals surface area contributed by atoms with E-state index in [2.05, 4.69) is 11.3 Å². The third kappa shape index (κ3) is 5.64. The van der Waals surface area contributed by atoms with Crippen LogP contribution in [0.15, 0.2) is 12.2 Å². The molecule has 0 unspecified atom stereocenters. The second kappa shape index (κ2) is 7.44. The summed E-state index contributed by atoms with van der Waals surface area (Å²) in [7, 11) is 1.26. The van der Waals surface area contributed by atoms with Crippen LogP contribution in [0.4, 0.5) is 0 Å². The molecule has 0 atom stereocenters. The second-order valence-corrected chi connectivity index (χ2v) is 3.47. The Kier molecular flexibility index (Phi) is 6.92. The van der Waals surface area contributed by atoms with Crippen molar-refractivity contribution in [2.45, 2.75) is 6.42 Å². The molecule has 0 saturated heterocycles. The summed E-state index contributed by atoms with van der Waals surface area (Å²) in [6.07, 6.45) is 1.80. The van der Waals surface area contributed by atoms with Gasteiger partial charge in [0, 0.05) is 11.3 Å². The van der Waals surface area contributed by atoms with Gasteiger partial charge in [-0.25, -0.2) is 4.79 Å². The van der Waals surface area contributed by atoms with Crippen molar-refractivity contribution < 1.29 is 19.1 Å². The van der Waals surface area contributed by atoms with Crippen LogP contribution in [0.2, 0.25) is 0 Å². The van der Waals surface area contributed by atoms with E-state index in [0.717, 1.165) is 5.75 Å². The normalized spacial score (nSPS) is 9.29. The van der Waals surface area contributed by atoms with Gasteiger partial charge < -0.3 is 9.47 Å². The van der Waals surface area contributed by atoms with E-state index in [1.165, 1.54) is 7.11 Å². The second-order valence-electron chi connectivity index (χ2n) is 2.49. The maximum atomic E-state index is 11.1. The van der Waals surface area contributed by atoms with Crippen LogP contribution in [-0.4, -0.2) is 37.7 Å². The molecule has 0 aromatic carbocycles. The lowest BCUT2D eigenvalue weighted by Crippen LogP contribution is -2.13. The minimum absolute atomic E-state index is 0.116. The summed E-state index contributed by atoms with van der Waals surface area (Å²) in [6, 6.07) is 0. The quantitative estimate of drug-likeness (QED) is 0.378. The smallest absolute Gasteiger partial charge is 0.334 e. The summed E-state index contributed by atoms with van der Waals surface area (Å²) in [6.45, 7) is 3.77. The number of thioether (sulfide) groups is 1.